The highest BCUT2D eigenvalue weighted by atomic mass is 16.6. The molecular formula is C20H13N3O5. The molecule has 8 nitrogen and oxygen atoms in total. The summed E-state index contributed by atoms with van der Waals surface area (Å²) in [5.41, 5.74) is 6.27. The number of nitrogens with two attached hydrogens (primary N) is 1. The number of carbonyl (C=O) groups is 2. The molecule has 0 aliphatic carbocycles. The van der Waals surface area contributed by atoms with Gasteiger partial charge in [-0.3, -0.25) is 24.3 Å². The second-order valence-electron chi connectivity index (χ2n) is 6.04. The largest absolute Gasteiger partial charge is 0.451 e. The maximum absolute atomic E-state index is 12.9. The van der Waals surface area contributed by atoms with E-state index in [1.54, 1.807) is 42.5 Å². The van der Waals surface area contributed by atoms with Crippen LogP contribution in [0.1, 0.15) is 20.9 Å². The first kappa shape index (κ1) is 17.2. The third-order valence-corrected chi connectivity index (χ3v) is 4.38. The molecule has 138 valence electrons. The van der Waals surface area contributed by atoms with Crippen LogP contribution in [-0.4, -0.2) is 21.3 Å². The number of benzene rings is 2. The molecule has 0 radical (unpaired) electrons. The Balaban J connectivity index is 1.79. The van der Waals surface area contributed by atoms with Crippen LogP contribution in [0.15, 0.2) is 71.3 Å². The van der Waals surface area contributed by atoms with Gasteiger partial charge in [-0.1, -0.05) is 30.3 Å². The van der Waals surface area contributed by atoms with Crippen molar-refractivity contribution in [1.82, 2.24) is 4.57 Å². The van der Waals surface area contributed by atoms with Gasteiger partial charge in [0.1, 0.15) is 5.76 Å². The molecular weight excluding hydrogens is 362 g/mol. The number of hydrogen-bond donors (Lipinski definition) is 1. The fourth-order valence-corrected chi connectivity index (χ4v) is 3.10. The van der Waals surface area contributed by atoms with Crippen LogP contribution in [0.2, 0.25) is 0 Å². The van der Waals surface area contributed by atoms with Crippen LogP contribution in [-0.2, 0) is 0 Å². The fourth-order valence-electron chi connectivity index (χ4n) is 3.10. The molecule has 0 bridgehead atoms. The molecule has 0 aliphatic rings. The first-order chi connectivity index (χ1) is 13.5. The fraction of sp³-hybridized carbons (Fsp3) is 0. The Morgan fingerprint density at radius 3 is 2.46 bits per heavy atom. The first-order valence-electron chi connectivity index (χ1n) is 8.25. The average molecular weight is 375 g/mol. The zero-order chi connectivity index (χ0) is 19.8. The van der Waals surface area contributed by atoms with Gasteiger partial charge >= 0.3 is 0 Å². The lowest BCUT2D eigenvalue weighted by Crippen LogP contribution is -2.12. The highest BCUT2D eigenvalue weighted by molar-refractivity contribution is 6.10. The minimum absolute atomic E-state index is 0.0232. The monoisotopic (exact) mass is 375 g/mol. The van der Waals surface area contributed by atoms with Gasteiger partial charge in [-0.15, -0.1) is 0 Å². The quantitative estimate of drug-likeness (QED) is 0.431. The Hall–Kier alpha value is -4.20. The van der Waals surface area contributed by atoms with Crippen LogP contribution in [0.25, 0.3) is 22.2 Å². The first-order valence-corrected chi connectivity index (χ1v) is 8.25. The normalized spacial score (nSPS) is 10.9. The van der Waals surface area contributed by atoms with Crippen molar-refractivity contribution >= 4 is 28.4 Å². The molecule has 0 aliphatic heterocycles. The summed E-state index contributed by atoms with van der Waals surface area (Å²) in [6.07, 6.45) is 1.36. The molecule has 0 saturated carbocycles. The molecule has 8 heteroatoms. The number of carbonyl (C=O) groups excluding carboxylic acids is 2. The Morgan fingerprint density at radius 2 is 1.71 bits per heavy atom. The van der Waals surface area contributed by atoms with Gasteiger partial charge in [0.15, 0.2) is 5.76 Å². The Bertz CT molecular complexity index is 1250. The molecule has 0 atom stereocenters. The smallest absolute Gasteiger partial charge is 0.298 e. The molecule has 4 rings (SSSR count). The van der Waals surface area contributed by atoms with Crippen LogP contribution >= 0.6 is 0 Å². The highest BCUT2D eigenvalue weighted by Crippen LogP contribution is 2.31. The van der Waals surface area contributed by atoms with E-state index in [4.69, 9.17) is 10.2 Å². The van der Waals surface area contributed by atoms with Gasteiger partial charge in [-0.25, -0.2) is 0 Å². The lowest BCUT2D eigenvalue weighted by atomic mass is 10.1. The summed E-state index contributed by atoms with van der Waals surface area (Å²) in [5.74, 6) is -0.997. The Morgan fingerprint density at radius 1 is 1.00 bits per heavy atom. The zero-order valence-electron chi connectivity index (χ0n) is 14.4. The van der Waals surface area contributed by atoms with Gasteiger partial charge in [0, 0.05) is 17.6 Å². The van der Waals surface area contributed by atoms with Crippen molar-refractivity contribution in [2.24, 2.45) is 5.73 Å². The van der Waals surface area contributed by atoms with Gasteiger partial charge in [0.05, 0.1) is 21.6 Å². The third kappa shape index (κ3) is 2.73. The summed E-state index contributed by atoms with van der Waals surface area (Å²) in [6.45, 7) is 0. The molecule has 2 heterocycles. The minimum Gasteiger partial charge on any atom is -0.451 e. The van der Waals surface area contributed by atoms with Crippen molar-refractivity contribution in [2.75, 3.05) is 0 Å². The number of fused-ring (bicyclic) bond motifs is 1. The van der Waals surface area contributed by atoms with E-state index in [-0.39, 0.29) is 28.3 Å². The maximum atomic E-state index is 12.9. The number of aromatic nitrogens is 1. The number of para-hydroxylation sites is 2. The molecule has 4 aromatic rings. The van der Waals surface area contributed by atoms with E-state index in [0.717, 1.165) is 0 Å². The number of nitro groups is 1. The molecule has 0 spiro atoms. The highest BCUT2D eigenvalue weighted by Gasteiger charge is 2.22. The van der Waals surface area contributed by atoms with E-state index in [9.17, 15) is 19.7 Å². The number of rotatable bonds is 4. The number of nitro benzene ring substituents is 1. The molecule has 28 heavy (non-hydrogen) atoms. The molecule has 2 N–H and O–H groups in total. The summed E-state index contributed by atoms with van der Waals surface area (Å²) in [4.78, 5) is 35.3. The number of primary amides is 1. The molecule has 2 aromatic carbocycles. The van der Waals surface area contributed by atoms with Gasteiger partial charge in [-0.2, -0.15) is 0 Å². The number of hydrogen-bond acceptors (Lipinski definition) is 5. The molecule has 2 aromatic heterocycles. The van der Waals surface area contributed by atoms with Crippen molar-refractivity contribution in [3.05, 3.63) is 88.3 Å². The van der Waals surface area contributed by atoms with Gasteiger partial charge < -0.3 is 10.2 Å². The number of nitrogens with zero attached hydrogens (tertiary/aromatic N) is 2. The van der Waals surface area contributed by atoms with Gasteiger partial charge in [-0.05, 0) is 24.3 Å². The summed E-state index contributed by atoms with van der Waals surface area (Å²) in [5, 5.41) is 11.8. The SMILES string of the molecule is NC(=O)c1cn(C(=O)c2ccc(-c3ccccc3[N+](=O)[O-])o2)c2ccccc12. The van der Waals surface area contributed by atoms with Crippen LogP contribution in [0.5, 0.6) is 0 Å². The lowest BCUT2D eigenvalue weighted by molar-refractivity contribution is -0.384. The zero-order valence-corrected chi connectivity index (χ0v) is 14.4. The number of amides is 1. The van der Waals surface area contributed by atoms with Crippen LogP contribution < -0.4 is 5.73 Å². The van der Waals surface area contributed by atoms with E-state index < -0.39 is 16.7 Å². The van der Waals surface area contributed by atoms with E-state index >= 15 is 0 Å². The van der Waals surface area contributed by atoms with Gasteiger partial charge in [0.25, 0.3) is 17.5 Å². The molecule has 0 fully saturated rings. The lowest BCUT2D eigenvalue weighted by Gasteiger charge is -2.02. The summed E-state index contributed by atoms with van der Waals surface area (Å²) < 4.78 is 6.88. The predicted octanol–water partition coefficient (Wildman–Crippen LogP) is 3.60. The van der Waals surface area contributed by atoms with Crippen LogP contribution in [0.4, 0.5) is 5.69 Å². The Labute approximate surface area is 157 Å². The molecule has 0 saturated heterocycles. The maximum Gasteiger partial charge on any atom is 0.298 e. The standard InChI is InChI=1S/C20H13N3O5/c21-19(24)14-11-22(15-7-3-1-5-12(14)15)20(25)18-10-9-17(28-18)13-6-2-4-8-16(13)23(26)27/h1-11H,(H2,21,24). The van der Waals surface area contributed by atoms with E-state index in [1.807, 2.05) is 0 Å². The van der Waals surface area contributed by atoms with Crippen molar-refractivity contribution in [1.29, 1.82) is 0 Å². The average Bonchev–Trinajstić information content (AvgIpc) is 3.33. The second kappa shape index (κ2) is 6.51. The third-order valence-electron chi connectivity index (χ3n) is 4.38. The van der Waals surface area contributed by atoms with Crippen molar-refractivity contribution in [2.45, 2.75) is 0 Å². The van der Waals surface area contributed by atoms with E-state index in [2.05, 4.69) is 0 Å². The second-order valence-corrected chi connectivity index (χ2v) is 6.04. The Kier molecular flexibility index (Phi) is 4.00. The topological polar surface area (TPSA) is 121 Å². The predicted molar refractivity (Wildman–Crippen MR) is 101 cm³/mol. The van der Waals surface area contributed by atoms with Crippen LogP contribution in [0.3, 0.4) is 0 Å². The summed E-state index contributed by atoms with van der Waals surface area (Å²) >= 11 is 0. The molecule has 0 unspecified atom stereocenters. The van der Waals surface area contributed by atoms with Crippen molar-refractivity contribution in [3.63, 3.8) is 0 Å². The molecule has 1 amide bonds. The number of furan rings is 1. The van der Waals surface area contributed by atoms with Crippen LogP contribution in [0, 0.1) is 10.1 Å². The van der Waals surface area contributed by atoms with E-state index in [1.165, 1.54) is 29.0 Å². The van der Waals surface area contributed by atoms with Crippen molar-refractivity contribution in [3.8, 4) is 11.3 Å². The summed E-state index contributed by atoms with van der Waals surface area (Å²) in [6, 6.07) is 15.9. The van der Waals surface area contributed by atoms with Gasteiger partial charge in [0.2, 0.25) is 0 Å². The van der Waals surface area contributed by atoms with Crippen molar-refractivity contribution < 1.29 is 18.9 Å². The minimum atomic E-state index is -0.650. The van der Waals surface area contributed by atoms with E-state index in [0.29, 0.717) is 10.9 Å². The summed E-state index contributed by atoms with van der Waals surface area (Å²) in [7, 11) is 0.